The van der Waals surface area contributed by atoms with Gasteiger partial charge < -0.3 is 15.0 Å². The van der Waals surface area contributed by atoms with Crippen LogP contribution in [0.3, 0.4) is 0 Å². The van der Waals surface area contributed by atoms with Crippen molar-refractivity contribution in [2.75, 3.05) is 25.0 Å². The van der Waals surface area contributed by atoms with E-state index in [0.29, 0.717) is 37.3 Å². The Balaban J connectivity index is 1.94. The van der Waals surface area contributed by atoms with Crippen LogP contribution in [0.5, 0.6) is 0 Å². The van der Waals surface area contributed by atoms with Crippen LogP contribution in [-0.4, -0.2) is 47.4 Å². The molecule has 0 unspecified atom stereocenters. The molecular weight excluding hydrogens is 298 g/mol. The van der Waals surface area contributed by atoms with Crippen molar-refractivity contribution < 1.29 is 19.1 Å². The number of hydrogen-bond donors (Lipinski definition) is 1. The fraction of sp³-hybridized carbons (Fsp3) is 0.500. The molecule has 1 fully saturated rings. The Bertz CT molecular complexity index is 595. The second kappa shape index (κ2) is 7.71. The van der Waals surface area contributed by atoms with Gasteiger partial charge in [0.05, 0.1) is 12.2 Å². The third-order valence-electron chi connectivity index (χ3n) is 3.83. The first-order valence-corrected chi connectivity index (χ1v) is 7.70. The number of ether oxygens (including phenoxy) is 1. The van der Waals surface area contributed by atoms with Crippen LogP contribution in [0.15, 0.2) is 18.3 Å². The van der Waals surface area contributed by atoms with Gasteiger partial charge in [0.15, 0.2) is 0 Å². The van der Waals surface area contributed by atoms with Crippen molar-refractivity contribution in [1.29, 1.82) is 0 Å². The van der Waals surface area contributed by atoms with Crippen LogP contribution in [0.1, 0.15) is 37.0 Å². The molecule has 0 aliphatic carbocycles. The highest BCUT2D eigenvalue weighted by molar-refractivity contribution is 5.94. The lowest BCUT2D eigenvalue weighted by Gasteiger charge is -2.30. The summed E-state index contributed by atoms with van der Waals surface area (Å²) in [6.45, 7) is 4.73. The third-order valence-corrected chi connectivity index (χ3v) is 3.83. The van der Waals surface area contributed by atoms with Gasteiger partial charge in [-0.1, -0.05) is 0 Å². The first kappa shape index (κ1) is 16.9. The van der Waals surface area contributed by atoms with E-state index in [4.69, 9.17) is 4.74 Å². The Kier molecular flexibility index (Phi) is 5.67. The van der Waals surface area contributed by atoms with E-state index < -0.39 is 5.97 Å². The van der Waals surface area contributed by atoms with Crippen molar-refractivity contribution in [2.45, 2.75) is 26.7 Å². The second-order valence-corrected chi connectivity index (χ2v) is 5.42. The minimum atomic E-state index is -0.444. The number of aromatic nitrogens is 1. The predicted octanol–water partition coefficient (Wildman–Crippen LogP) is 1.46. The van der Waals surface area contributed by atoms with Gasteiger partial charge in [-0.05, 0) is 31.9 Å². The number of nitrogens with zero attached hydrogens (tertiary/aromatic N) is 2. The zero-order chi connectivity index (χ0) is 16.8. The fourth-order valence-corrected chi connectivity index (χ4v) is 2.53. The number of carbonyl (C=O) groups is 3. The van der Waals surface area contributed by atoms with Crippen molar-refractivity contribution in [3.63, 3.8) is 0 Å². The summed E-state index contributed by atoms with van der Waals surface area (Å²) in [5.74, 6) is -0.372. The molecule has 1 aliphatic rings. The third kappa shape index (κ3) is 4.51. The highest BCUT2D eigenvalue weighted by Crippen LogP contribution is 2.19. The van der Waals surface area contributed by atoms with E-state index in [9.17, 15) is 14.4 Å². The van der Waals surface area contributed by atoms with E-state index in [0.717, 1.165) is 0 Å². The SMILES string of the molecule is CCOC(=O)c1ccnc(NC(=O)C2CCN(C(C)=O)CC2)c1. The Hall–Kier alpha value is -2.44. The van der Waals surface area contributed by atoms with Crippen LogP contribution in [-0.2, 0) is 14.3 Å². The van der Waals surface area contributed by atoms with Crippen LogP contribution in [0, 0.1) is 5.92 Å². The second-order valence-electron chi connectivity index (χ2n) is 5.42. The summed E-state index contributed by atoms with van der Waals surface area (Å²) in [6.07, 6.45) is 2.71. The van der Waals surface area contributed by atoms with Gasteiger partial charge in [0, 0.05) is 32.1 Å². The Morgan fingerprint density at radius 3 is 2.65 bits per heavy atom. The summed E-state index contributed by atoms with van der Waals surface area (Å²) in [5.41, 5.74) is 0.351. The topological polar surface area (TPSA) is 88.6 Å². The fourth-order valence-electron chi connectivity index (χ4n) is 2.53. The van der Waals surface area contributed by atoms with Crippen LogP contribution in [0.4, 0.5) is 5.82 Å². The number of likely N-dealkylation sites (tertiary alicyclic amines) is 1. The zero-order valence-electron chi connectivity index (χ0n) is 13.4. The van der Waals surface area contributed by atoms with E-state index in [-0.39, 0.29) is 24.3 Å². The number of piperidine rings is 1. The lowest BCUT2D eigenvalue weighted by Crippen LogP contribution is -2.40. The van der Waals surface area contributed by atoms with E-state index in [2.05, 4.69) is 10.3 Å². The van der Waals surface area contributed by atoms with E-state index in [1.54, 1.807) is 17.9 Å². The van der Waals surface area contributed by atoms with Crippen LogP contribution in [0.2, 0.25) is 0 Å². The highest BCUT2D eigenvalue weighted by atomic mass is 16.5. The monoisotopic (exact) mass is 319 g/mol. The summed E-state index contributed by atoms with van der Waals surface area (Å²) in [4.78, 5) is 41.1. The molecule has 7 nitrogen and oxygen atoms in total. The summed E-state index contributed by atoms with van der Waals surface area (Å²) in [7, 11) is 0. The molecular formula is C16H21N3O4. The van der Waals surface area contributed by atoms with Crippen molar-refractivity contribution >= 4 is 23.6 Å². The van der Waals surface area contributed by atoms with E-state index in [1.165, 1.54) is 19.2 Å². The maximum atomic E-state index is 12.3. The quantitative estimate of drug-likeness (QED) is 0.849. The van der Waals surface area contributed by atoms with E-state index in [1.807, 2.05) is 0 Å². The maximum absolute atomic E-state index is 12.3. The molecule has 2 heterocycles. The first-order chi connectivity index (χ1) is 11.0. The van der Waals surface area contributed by atoms with Gasteiger partial charge in [0.2, 0.25) is 11.8 Å². The number of nitrogens with one attached hydrogen (secondary N) is 1. The van der Waals surface area contributed by atoms with Crippen LogP contribution < -0.4 is 5.32 Å². The summed E-state index contributed by atoms with van der Waals surface area (Å²) < 4.78 is 4.92. The zero-order valence-corrected chi connectivity index (χ0v) is 13.4. The minimum absolute atomic E-state index is 0.0349. The molecule has 1 aromatic heterocycles. The Morgan fingerprint density at radius 2 is 2.04 bits per heavy atom. The molecule has 0 radical (unpaired) electrons. The molecule has 1 aromatic rings. The van der Waals surface area contributed by atoms with Crippen LogP contribution in [0.25, 0.3) is 0 Å². The minimum Gasteiger partial charge on any atom is -0.462 e. The number of pyridine rings is 1. The normalized spacial score (nSPS) is 15.1. The van der Waals surface area contributed by atoms with Gasteiger partial charge >= 0.3 is 5.97 Å². The molecule has 0 spiro atoms. The summed E-state index contributed by atoms with van der Waals surface area (Å²) in [6, 6.07) is 3.04. The Morgan fingerprint density at radius 1 is 1.35 bits per heavy atom. The lowest BCUT2D eigenvalue weighted by molar-refractivity contribution is -0.132. The number of esters is 1. The molecule has 0 atom stereocenters. The smallest absolute Gasteiger partial charge is 0.338 e. The molecule has 2 amide bonds. The molecule has 0 aromatic carbocycles. The van der Waals surface area contributed by atoms with Gasteiger partial charge in [0.25, 0.3) is 0 Å². The van der Waals surface area contributed by atoms with Crippen LogP contribution >= 0.6 is 0 Å². The molecule has 0 saturated carbocycles. The molecule has 1 saturated heterocycles. The van der Waals surface area contributed by atoms with Crippen molar-refractivity contribution in [3.05, 3.63) is 23.9 Å². The highest BCUT2D eigenvalue weighted by Gasteiger charge is 2.26. The number of carbonyl (C=O) groups excluding carboxylic acids is 3. The molecule has 0 bridgehead atoms. The number of amides is 2. The average molecular weight is 319 g/mol. The molecule has 1 N–H and O–H groups in total. The molecule has 23 heavy (non-hydrogen) atoms. The van der Waals surface area contributed by atoms with Gasteiger partial charge in [-0.15, -0.1) is 0 Å². The average Bonchev–Trinajstić information content (AvgIpc) is 2.55. The Labute approximate surface area is 135 Å². The van der Waals surface area contributed by atoms with Crippen molar-refractivity contribution in [1.82, 2.24) is 9.88 Å². The first-order valence-electron chi connectivity index (χ1n) is 7.70. The molecule has 1 aliphatic heterocycles. The predicted molar refractivity (Wildman–Crippen MR) is 83.8 cm³/mol. The number of rotatable bonds is 4. The molecule has 2 rings (SSSR count). The van der Waals surface area contributed by atoms with E-state index >= 15 is 0 Å². The van der Waals surface area contributed by atoms with Gasteiger partial charge in [-0.25, -0.2) is 9.78 Å². The molecule has 124 valence electrons. The molecule has 7 heteroatoms. The van der Waals surface area contributed by atoms with Crippen molar-refractivity contribution in [2.24, 2.45) is 5.92 Å². The van der Waals surface area contributed by atoms with Gasteiger partial charge in [-0.3, -0.25) is 9.59 Å². The summed E-state index contributed by atoms with van der Waals surface area (Å²) >= 11 is 0. The largest absolute Gasteiger partial charge is 0.462 e. The maximum Gasteiger partial charge on any atom is 0.338 e. The van der Waals surface area contributed by atoms with Gasteiger partial charge in [-0.2, -0.15) is 0 Å². The van der Waals surface area contributed by atoms with Gasteiger partial charge in [0.1, 0.15) is 5.82 Å². The number of hydrogen-bond acceptors (Lipinski definition) is 5. The number of anilines is 1. The van der Waals surface area contributed by atoms with Crippen molar-refractivity contribution in [3.8, 4) is 0 Å². The standard InChI is InChI=1S/C16H21N3O4/c1-3-23-16(22)13-4-7-17-14(10-13)18-15(21)12-5-8-19(9-6-12)11(2)20/h4,7,10,12H,3,5-6,8-9H2,1-2H3,(H,17,18,21). The summed E-state index contributed by atoms with van der Waals surface area (Å²) in [5, 5.41) is 2.73. The lowest BCUT2D eigenvalue weighted by atomic mass is 9.96.